The number of fused-ring (bicyclic) bond motifs is 1. The number of nitro groups is 1. The largest absolute Gasteiger partial charge is 0.482 e. The fourth-order valence-electron chi connectivity index (χ4n) is 2.34. The monoisotopic (exact) mass is 373 g/mol. The number of non-ortho nitro benzene ring substituents is 1. The number of anilines is 1. The molecule has 2 rings (SSSR count). The van der Waals surface area contributed by atoms with Gasteiger partial charge < -0.3 is 9.64 Å². The zero-order valence-electron chi connectivity index (χ0n) is 13.4. The highest BCUT2D eigenvalue weighted by atomic mass is 19.4. The standard InChI is InChI=1S/C15H14F3N3O5/c1-2-5-19(9-15(16,17)18)13(22)7-20-11-6-10(21(24)25)3-4-12(11)26-8-14(20)23/h2-4,6H,1,5,7-9H2. The van der Waals surface area contributed by atoms with Gasteiger partial charge in [-0.1, -0.05) is 6.08 Å². The van der Waals surface area contributed by atoms with Gasteiger partial charge in [0.15, 0.2) is 6.61 Å². The Labute approximate surface area is 145 Å². The number of alkyl halides is 3. The molecule has 0 saturated carbocycles. The second kappa shape index (κ2) is 7.42. The minimum Gasteiger partial charge on any atom is -0.482 e. The Balaban J connectivity index is 2.29. The molecule has 1 aromatic rings. The number of hydrogen-bond donors (Lipinski definition) is 0. The summed E-state index contributed by atoms with van der Waals surface area (Å²) in [4.78, 5) is 35.9. The van der Waals surface area contributed by atoms with E-state index in [0.717, 1.165) is 23.1 Å². The lowest BCUT2D eigenvalue weighted by molar-refractivity contribution is -0.384. The molecule has 0 bridgehead atoms. The molecule has 0 N–H and O–H groups in total. The summed E-state index contributed by atoms with van der Waals surface area (Å²) in [6.07, 6.45) is -3.49. The van der Waals surface area contributed by atoms with Gasteiger partial charge in [-0.3, -0.25) is 24.6 Å². The van der Waals surface area contributed by atoms with Crippen LogP contribution in [0, 0.1) is 10.1 Å². The van der Waals surface area contributed by atoms with Crippen LogP contribution in [0.15, 0.2) is 30.9 Å². The first-order chi connectivity index (χ1) is 12.1. The van der Waals surface area contributed by atoms with Crippen molar-refractivity contribution in [3.8, 4) is 5.75 Å². The second-order valence-corrected chi connectivity index (χ2v) is 5.36. The van der Waals surface area contributed by atoms with Crippen LogP contribution < -0.4 is 9.64 Å². The predicted octanol–water partition coefficient (Wildman–Crippen LogP) is 1.90. The highest BCUT2D eigenvalue weighted by molar-refractivity contribution is 6.02. The highest BCUT2D eigenvalue weighted by Crippen LogP contribution is 2.35. The zero-order valence-corrected chi connectivity index (χ0v) is 13.4. The van der Waals surface area contributed by atoms with Crippen LogP contribution in [0.3, 0.4) is 0 Å². The van der Waals surface area contributed by atoms with Crippen LogP contribution in [-0.4, -0.2) is 54.1 Å². The van der Waals surface area contributed by atoms with E-state index in [0.29, 0.717) is 4.90 Å². The van der Waals surface area contributed by atoms with Crippen molar-refractivity contribution in [1.29, 1.82) is 0 Å². The molecule has 0 spiro atoms. The Hall–Kier alpha value is -3.11. The second-order valence-electron chi connectivity index (χ2n) is 5.36. The van der Waals surface area contributed by atoms with Crippen LogP contribution in [0.2, 0.25) is 0 Å². The SMILES string of the molecule is C=CCN(CC(F)(F)F)C(=O)CN1C(=O)COc2ccc([N+](=O)[O-])cc21. The van der Waals surface area contributed by atoms with Gasteiger partial charge in [-0.05, 0) is 6.07 Å². The molecule has 0 radical (unpaired) electrons. The number of carbonyl (C=O) groups excluding carboxylic acids is 2. The van der Waals surface area contributed by atoms with E-state index in [4.69, 9.17) is 4.74 Å². The van der Waals surface area contributed by atoms with E-state index in [1.54, 1.807) is 0 Å². The lowest BCUT2D eigenvalue weighted by atomic mass is 10.2. The van der Waals surface area contributed by atoms with Gasteiger partial charge in [0.1, 0.15) is 18.8 Å². The number of hydrogen-bond acceptors (Lipinski definition) is 5. The number of benzene rings is 1. The van der Waals surface area contributed by atoms with E-state index >= 15 is 0 Å². The van der Waals surface area contributed by atoms with E-state index in [1.165, 1.54) is 6.07 Å². The maximum atomic E-state index is 12.6. The van der Waals surface area contributed by atoms with Crippen LogP contribution in [0.5, 0.6) is 5.75 Å². The summed E-state index contributed by atoms with van der Waals surface area (Å²) >= 11 is 0. The number of halogens is 3. The number of nitro benzene ring substituents is 1. The molecule has 0 fully saturated rings. The van der Waals surface area contributed by atoms with Gasteiger partial charge in [0.2, 0.25) is 5.91 Å². The summed E-state index contributed by atoms with van der Waals surface area (Å²) in [5.74, 6) is -1.55. The molecule has 1 heterocycles. The summed E-state index contributed by atoms with van der Waals surface area (Å²) in [6, 6.07) is 3.44. The first-order valence-electron chi connectivity index (χ1n) is 7.29. The summed E-state index contributed by atoms with van der Waals surface area (Å²) in [7, 11) is 0. The van der Waals surface area contributed by atoms with Crippen molar-refractivity contribution >= 4 is 23.2 Å². The smallest absolute Gasteiger partial charge is 0.406 e. The van der Waals surface area contributed by atoms with Crippen molar-refractivity contribution in [2.24, 2.45) is 0 Å². The molecule has 1 aliphatic heterocycles. The van der Waals surface area contributed by atoms with E-state index in [2.05, 4.69) is 6.58 Å². The summed E-state index contributed by atoms with van der Waals surface area (Å²) in [5.41, 5.74) is -0.396. The van der Waals surface area contributed by atoms with Crippen molar-refractivity contribution in [3.63, 3.8) is 0 Å². The molecular formula is C15H14F3N3O5. The van der Waals surface area contributed by atoms with Crippen LogP contribution in [0.1, 0.15) is 0 Å². The van der Waals surface area contributed by atoms with Gasteiger partial charge in [-0.15, -0.1) is 6.58 Å². The van der Waals surface area contributed by atoms with Crippen LogP contribution in [0.4, 0.5) is 24.5 Å². The molecule has 0 unspecified atom stereocenters. The molecule has 11 heteroatoms. The quantitative estimate of drug-likeness (QED) is 0.431. The fraction of sp³-hybridized carbons (Fsp3) is 0.333. The molecule has 0 aromatic heterocycles. The molecule has 1 aromatic carbocycles. The van der Waals surface area contributed by atoms with E-state index in [1.807, 2.05) is 0 Å². The maximum Gasteiger partial charge on any atom is 0.406 e. The van der Waals surface area contributed by atoms with Gasteiger partial charge in [-0.25, -0.2) is 0 Å². The number of carbonyl (C=O) groups is 2. The Morgan fingerprint density at radius 1 is 1.46 bits per heavy atom. The van der Waals surface area contributed by atoms with Crippen molar-refractivity contribution in [2.75, 3.05) is 31.1 Å². The average molecular weight is 373 g/mol. The number of nitrogens with zero attached hydrogens (tertiary/aromatic N) is 3. The normalized spacial score (nSPS) is 13.7. The lowest BCUT2D eigenvalue weighted by Gasteiger charge is -2.31. The van der Waals surface area contributed by atoms with Crippen molar-refractivity contribution in [1.82, 2.24) is 4.90 Å². The third-order valence-electron chi connectivity index (χ3n) is 3.46. The lowest BCUT2D eigenvalue weighted by Crippen LogP contribution is -2.48. The van der Waals surface area contributed by atoms with Crippen molar-refractivity contribution in [3.05, 3.63) is 41.0 Å². The molecule has 0 aliphatic carbocycles. The van der Waals surface area contributed by atoms with E-state index in [-0.39, 0.29) is 23.7 Å². The number of amides is 2. The Morgan fingerprint density at radius 3 is 2.73 bits per heavy atom. The maximum absolute atomic E-state index is 12.6. The predicted molar refractivity (Wildman–Crippen MR) is 83.8 cm³/mol. The van der Waals surface area contributed by atoms with Gasteiger partial charge in [0.05, 0.1) is 10.6 Å². The van der Waals surface area contributed by atoms with Crippen molar-refractivity contribution < 1.29 is 32.4 Å². The van der Waals surface area contributed by atoms with E-state index in [9.17, 15) is 32.9 Å². The topological polar surface area (TPSA) is 93.0 Å². The van der Waals surface area contributed by atoms with Gasteiger partial charge >= 0.3 is 6.18 Å². The Kier molecular flexibility index (Phi) is 5.48. The Morgan fingerprint density at radius 2 is 2.15 bits per heavy atom. The first-order valence-corrected chi connectivity index (χ1v) is 7.29. The molecule has 1 aliphatic rings. The van der Waals surface area contributed by atoms with Crippen LogP contribution >= 0.6 is 0 Å². The molecule has 0 atom stereocenters. The third kappa shape index (κ3) is 4.49. The van der Waals surface area contributed by atoms with Gasteiger partial charge in [0.25, 0.3) is 11.6 Å². The number of ether oxygens (including phenoxy) is 1. The average Bonchev–Trinajstić information content (AvgIpc) is 2.55. The zero-order chi connectivity index (χ0) is 19.5. The van der Waals surface area contributed by atoms with Gasteiger partial charge in [-0.2, -0.15) is 13.2 Å². The molecular weight excluding hydrogens is 359 g/mol. The number of rotatable bonds is 6. The van der Waals surface area contributed by atoms with Gasteiger partial charge in [0, 0.05) is 18.7 Å². The Bertz CT molecular complexity index is 751. The van der Waals surface area contributed by atoms with Crippen LogP contribution in [0.25, 0.3) is 0 Å². The van der Waals surface area contributed by atoms with Crippen molar-refractivity contribution in [2.45, 2.75) is 6.18 Å². The fourth-order valence-corrected chi connectivity index (χ4v) is 2.34. The minimum absolute atomic E-state index is 0.0469. The molecule has 26 heavy (non-hydrogen) atoms. The van der Waals surface area contributed by atoms with E-state index < -0.39 is 42.6 Å². The summed E-state index contributed by atoms with van der Waals surface area (Å²) in [6.45, 7) is 0.301. The molecule has 8 nitrogen and oxygen atoms in total. The molecule has 2 amide bonds. The third-order valence-corrected chi connectivity index (χ3v) is 3.46. The summed E-state index contributed by atoms with van der Waals surface area (Å²) in [5, 5.41) is 10.9. The molecule has 140 valence electrons. The van der Waals surface area contributed by atoms with Crippen LogP contribution in [-0.2, 0) is 9.59 Å². The minimum atomic E-state index is -4.62. The first kappa shape index (κ1) is 19.2. The highest BCUT2D eigenvalue weighted by Gasteiger charge is 2.35. The molecule has 0 saturated heterocycles. The summed E-state index contributed by atoms with van der Waals surface area (Å²) < 4.78 is 43.0.